The molecule has 0 spiro atoms. The van der Waals surface area contributed by atoms with Crippen LogP contribution in [0.2, 0.25) is 0 Å². The molecule has 30 heavy (non-hydrogen) atoms. The van der Waals surface area contributed by atoms with Gasteiger partial charge < -0.3 is 19.4 Å². The van der Waals surface area contributed by atoms with Crippen LogP contribution in [0.25, 0.3) is 0 Å². The number of thioether (sulfide) groups is 1. The van der Waals surface area contributed by atoms with Gasteiger partial charge in [0.2, 0.25) is 5.91 Å². The van der Waals surface area contributed by atoms with Crippen LogP contribution < -0.4 is 14.8 Å². The Hall–Kier alpha value is -3.00. The van der Waals surface area contributed by atoms with Crippen molar-refractivity contribution in [2.75, 3.05) is 17.7 Å². The molecule has 1 amide bonds. The van der Waals surface area contributed by atoms with E-state index in [2.05, 4.69) is 15.5 Å². The fourth-order valence-electron chi connectivity index (χ4n) is 2.91. The second kappa shape index (κ2) is 10.2. The molecule has 0 aliphatic carbocycles. The van der Waals surface area contributed by atoms with Crippen molar-refractivity contribution >= 4 is 23.4 Å². The van der Waals surface area contributed by atoms with E-state index < -0.39 is 0 Å². The molecule has 0 aliphatic heterocycles. The van der Waals surface area contributed by atoms with Gasteiger partial charge in [-0.05, 0) is 44.5 Å². The number of amides is 1. The first-order valence-corrected chi connectivity index (χ1v) is 10.7. The molecule has 3 aromatic rings. The first-order valence-electron chi connectivity index (χ1n) is 9.75. The van der Waals surface area contributed by atoms with Gasteiger partial charge in [0, 0.05) is 7.05 Å². The SMILES string of the molecule is CCOc1ccccc1NC(=O)CSc1nnc(C(C)Oc2ccccc2C)n1C. The Morgan fingerprint density at radius 3 is 2.57 bits per heavy atom. The predicted molar refractivity (Wildman–Crippen MR) is 118 cm³/mol. The number of carbonyl (C=O) groups excluding carboxylic acids is 1. The van der Waals surface area contributed by atoms with E-state index in [-0.39, 0.29) is 17.8 Å². The predicted octanol–water partition coefficient (Wildman–Crippen LogP) is 4.39. The molecule has 0 saturated heterocycles. The summed E-state index contributed by atoms with van der Waals surface area (Å²) in [5, 5.41) is 12.0. The lowest BCUT2D eigenvalue weighted by Crippen LogP contribution is -2.15. The van der Waals surface area contributed by atoms with Gasteiger partial charge in [-0.1, -0.05) is 42.1 Å². The molecule has 8 heteroatoms. The molecule has 7 nitrogen and oxygen atoms in total. The highest BCUT2D eigenvalue weighted by Crippen LogP contribution is 2.27. The number of para-hydroxylation sites is 3. The molecular weight excluding hydrogens is 400 g/mol. The average Bonchev–Trinajstić information content (AvgIpc) is 3.10. The van der Waals surface area contributed by atoms with Gasteiger partial charge >= 0.3 is 0 Å². The quantitative estimate of drug-likeness (QED) is 0.511. The molecule has 158 valence electrons. The van der Waals surface area contributed by atoms with Gasteiger partial charge in [-0.3, -0.25) is 4.79 Å². The Morgan fingerprint density at radius 1 is 1.13 bits per heavy atom. The third kappa shape index (κ3) is 5.33. The molecule has 1 unspecified atom stereocenters. The summed E-state index contributed by atoms with van der Waals surface area (Å²) in [4.78, 5) is 12.4. The summed E-state index contributed by atoms with van der Waals surface area (Å²) in [5.74, 6) is 2.24. The molecule has 1 N–H and O–H groups in total. The van der Waals surface area contributed by atoms with Crippen LogP contribution in [-0.2, 0) is 11.8 Å². The third-order valence-electron chi connectivity index (χ3n) is 4.42. The smallest absolute Gasteiger partial charge is 0.234 e. The summed E-state index contributed by atoms with van der Waals surface area (Å²) in [7, 11) is 1.87. The zero-order valence-corrected chi connectivity index (χ0v) is 18.4. The largest absolute Gasteiger partial charge is 0.492 e. The van der Waals surface area contributed by atoms with Gasteiger partial charge in [0.1, 0.15) is 11.5 Å². The monoisotopic (exact) mass is 426 g/mol. The highest BCUT2D eigenvalue weighted by molar-refractivity contribution is 7.99. The van der Waals surface area contributed by atoms with E-state index >= 15 is 0 Å². The maximum atomic E-state index is 12.4. The van der Waals surface area contributed by atoms with Crippen LogP contribution in [0.15, 0.2) is 53.7 Å². The molecule has 0 radical (unpaired) electrons. The zero-order chi connectivity index (χ0) is 21.5. The van der Waals surface area contributed by atoms with E-state index in [1.54, 1.807) is 0 Å². The van der Waals surface area contributed by atoms with E-state index in [0.717, 1.165) is 11.3 Å². The van der Waals surface area contributed by atoms with E-state index in [1.165, 1.54) is 11.8 Å². The van der Waals surface area contributed by atoms with Gasteiger partial charge in [0.25, 0.3) is 0 Å². The Balaban J connectivity index is 1.60. The second-order valence-corrected chi connectivity index (χ2v) is 7.63. The number of aromatic nitrogens is 3. The van der Waals surface area contributed by atoms with E-state index in [0.29, 0.717) is 29.0 Å². The molecule has 0 saturated carbocycles. The van der Waals surface area contributed by atoms with Crippen molar-refractivity contribution in [3.8, 4) is 11.5 Å². The van der Waals surface area contributed by atoms with Gasteiger partial charge in [0.05, 0.1) is 18.0 Å². The molecule has 0 bridgehead atoms. The Morgan fingerprint density at radius 2 is 1.83 bits per heavy atom. The maximum absolute atomic E-state index is 12.4. The highest BCUT2D eigenvalue weighted by Gasteiger charge is 2.19. The van der Waals surface area contributed by atoms with Crippen molar-refractivity contribution in [3.05, 3.63) is 59.9 Å². The van der Waals surface area contributed by atoms with Crippen LogP contribution in [0.3, 0.4) is 0 Å². The Kier molecular flexibility index (Phi) is 7.35. The molecule has 0 fully saturated rings. The number of anilines is 1. The first-order chi connectivity index (χ1) is 14.5. The lowest BCUT2D eigenvalue weighted by atomic mass is 10.2. The minimum Gasteiger partial charge on any atom is -0.492 e. The number of rotatable bonds is 9. The number of benzene rings is 2. The van der Waals surface area contributed by atoms with Gasteiger partial charge in [-0.25, -0.2) is 0 Å². The van der Waals surface area contributed by atoms with Crippen molar-refractivity contribution in [1.29, 1.82) is 0 Å². The van der Waals surface area contributed by atoms with Crippen LogP contribution in [0.4, 0.5) is 5.69 Å². The van der Waals surface area contributed by atoms with E-state index in [9.17, 15) is 4.79 Å². The lowest BCUT2D eigenvalue weighted by Gasteiger charge is -2.15. The average molecular weight is 427 g/mol. The van der Waals surface area contributed by atoms with Crippen molar-refractivity contribution < 1.29 is 14.3 Å². The summed E-state index contributed by atoms with van der Waals surface area (Å²) in [5.41, 5.74) is 1.72. The summed E-state index contributed by atoms with van der Waals surface area (Å²) < 4.78 is 13.4. The number of nitrogens with zero attached hydrogens (tertiary/aromatic N) is 3. The number of carbonyl (C=O) groups is 1. The van der Waals surface area contributed by atoms with Gasteiger partial charge in [0.15, 0.2) is 17.1 Å². The molecular formula is C22H26N4O3S. The molecule has 2 aromatic carbocycles. The minimum atomic E-state index is -0.273. The van der Waals surface area contributed by atoms with E-state index in [1.807, 2.05) is 80.9 Å². The number of aryl methyl sites for hydroxylation is 1. The minimum absolute atomic E-state index is 0.138. The van der Waals surface area contributed by atoms with Crippen molar-refractivity contribution in [1.82, 2.24) is 14.8 Å². The van der Waals surface area contributed by atoms with Crippen LogP contribution in [0.1, 0.15) is 31.3 Å². The van der Waals surface area contributed by atoms with Crippen molar-refractivity contribution in [2.24, 2.45) is 7.05 Å². The second-order valence-electron chi connectivity index (χ2n) is 6.69. The molecule has 1 atom stereocenters. The highest BCUT2D eigenvalue weighted by atomic mass is 32.2. The molecule has 3 rings (SSSR count). The van der Waals surface area contributed by atoms with Crippen LogP contribution in [0.5, 0.6) is 11.5 Å². The summed E-state index contributed by atoms with van der Waals surface area (Å²) in [6.45, 7) is 6.38. The summed E-state index contributed by atoms with van der Waals surface area (Å²) >= 11 is 1.32. The van der Waals surface area contributed by atoms with Crippen LogP contribution in [-0.4, -0.2) is 33.0 Å². The van der Waals surface area contributed by atoms with Crippen LogP contribution >= 0.6 is 11.8 Å². The van der Waals surface area contributed by atoms with Crippen LogP contribution in [0, 0.1) is 6.92 Å². The number of hydrogen-bond donors (Lipinski definition) is 1. The topological polar surface area (TPSA) is 78.3 Å². The zero-order valence-electron chi connectivity index (χ0n) is 17.6. The standard InChI is InChI=1S/C22H26N4O3S/c1-5-28-19-13-9-7-11-17(19)23-20(27)14-30-22-25-24-21(26(22)4)16(3)29-18-12-8-6-10-15(18)2/h6-13,16H,5,14H2,1-4H3,(H,23,27). The number of ether oxygens (including phenoxy) is 2. The molecule has 0 aliphatic rings. The van der Waals surface area contributed by atoms with Gasteiger partial charge in [-0.15, -0.1) is 10.2 Å². The van der Waals surface area contributed by atoms with E-state index in [4.69, 9.17) is 9.47 Å². The Bertz CT molecular complexity index is 1010. The normalized spacial score (nSPS) is 11.7. The number of nitrogens with one attached hydrogen (secondary N) is 1. The molecule has 1 heterocycles. The third-order valence-corrected chi connectivity index (χ3v) is 5.44. The van der Waals surface area contributed by atoms with Crippen molar-refractivity contribution in [2.45, 2.75) is 32.0 Å². The lowest BCUT2D eigenvalue weighted by molar-refractivity contribution is -0.113. The first kappa shape index (κ1) is 21.7. The number of hydrogen-bond acceptors (Lipinski definition) is 6. The fraction of sp³-hybridized carbons (Fsp3) is 0.318. The van der Waals surface area contributed by atoms with Crippen molar-refractivity contribution in [3.63, 3.8) is 0 Å². The van der Waals surface area contributed by atoms with Gasteiger partial charge in [-0.2, -0.15) is 0 Å². The molecule has 1 aromatic heterocycles. The summed E-state index contributed by atoms with van der Waals surface area (Å²) in [6, 6.07) is 15.2. The summed E-state index contributed by atoms with van der Waals surface area (Å²) in [6.07, 6.45) is -0.273. The maximum Gasteiger partial charge on any atom is 0.234 e. The Labute approximate surface area is 180 Å². The fourth-order valence-corrected chi connectivity index (χ4v) is 3.62.